The largest absolute Gasteiger partial charge is 0.573 e. The van der Waals surface area contributed by atoms with Crippen LogP contribution in [0.4, 0.5) is 26.3 Å². The van der Waals surface area contributed by atoms with Gasteiger partial charge < -0.3 is 4.74 Å². The van der Waals surface area contributed by atoms with E-state index in [1.165, 1.54) is 0 Å². The van der Waals surface area contributed by atoms with Gasteiger partial charge in [0.05, 0.1) is 5.88 Å². The number of hydrogen-bond acceptors (Lipinski definition) is 3. The Kier molecular flexibility index (Phi) is 4.75. The quantitative estimate of drug-likeness (QED) is 0.471. The van der Waals surface area contributed by atoms with E-state index in [1.807, 2.05) is 0 Å². The van der Waals surface area contributed by atoms with E-state index in [4.69, 9.17) is 23.2 Å². The molecule has 0 bridgehead atoms. The van der Waals surface area contributed by atoms with Gasteiger partial charge in [-0.3, -0.25) is 9.78 Å². The summed E-state index contributed by atoms with van der Waals surface area (Å²) in [5, 5.41) is -1.36. The standard InChI is InChI=1S/C9H3Cl2F6NO2/c10-1-3-5(7(11)19)18-2-4(8(12,13)14)6(3)20-9(15,16)17/h2H,1H2. The molecule has 0 aliphatic rings. The van der Waals surface area contributed by atoms with Crippen LogP contribution in [0.1, 0.15) is 21.6 Å². The number of carbonyl (C=O) groups excluding carboxylic acids is 1. The van der Waals surface area contributed by atoms with E-state index in [0.717, 1.165) is 0 Å². The summed E-state index contributed by atoms with van der Waals surface area (Å²) in [6.07, 6.45) is -10.6. The zero-order chi connectivity index (χ0) is 15.7. The topological polar surface area (TPSA) is 39.2 Å². The van der Waals surface area contributed by atoms with Crippen molar-refractivity contribution in [1.29, 1.82) is 0 Å². The molecule has 1 aromatic rings. The molecule has 3 nitrogen and oxygen atoms in total. The average Bonchev–Trinajstić information content (AvgIpc) is 2.24. The minimum Gasteiger partial charge on any atom is -0.405 e. The van der Waals surface area contributed by atoms with Crippen molar-refractivity contribution in [3.8, 4) is 5.75 Å². The predicted molar refractivity (Wildman–Crippen MR) is 55.7 cm³/mol. The fraction of sp³-hybridized carbons (Fsp3) is 0.333. The second-order valence-electron chi connectivity index (χ2n) is 3.28. The fourth-order valence-corrected chi connectivity index (χ4v) is 1.67. The van der Waals surface area contributed by atoms with Crippen molar-refractivity contribution in [1.82, 2.24) is 4.98 Å². The first-order chi connectivity index (χ1) is 8.97. The lowest BCUT2D eigenvalue weighted by Gasteiger charge is -2.18. The molecule has 0 N–H and O–H groups in total. The van der Waals surface area contributed by atoms with E-state index < -0.39 is 46.2 Å². The molecule has 0 fully saturated rings. The molecule has 112 valence electrons. The molecule has 0 saturated carbocycles. The number of alkyl halides is 7. The van der Waals surface area contributed by atoms with Gasteiger partial charge in [0.25, 0.3) is 5.24 Å². The van der Waals surface area contributed by atoms with Gasteiger partial charge in [0.1, 0.15) is 17.0 Å². The summed E-state index contributed by atoms with van der Waals surface area (Å²) >= 11 is 10.3. The van der Waals surface area contributed by atoms with Crippen LogP contribution in [-0.4, -0.2) is 16.6 Å². The normalized spacial score (nSPS) is 12.4. The molecule has 0 saturated heterocycles. The van der Waals surface area contributed by atoms with Gasteiger partial charge >= 0.3 is 12.5 Å². The number of pyridine rings is 1. The molecule has 0 spiro atoms. The second kappa shape index (κ2) is 5.65. The Balaban J connectivity index is 3.60. The molecule has 1 heterocycles. The molecule has 0 aliphatic heterocycles. The Bertz CT molecular complexity index is 528. The van der Waals surface area contributed by atoms with Crippen LogP contribution < -0.4 is 4.74 Å². The molecular weight excluding hydrogens is 339 g/mol. The third-order valence-electron chi connectivity index (χ3n) is 1.97. The third kappa shape index (κ3) is 3.89. The summed E-state index contributed by atoms with van der Waals surface area (Å²) in [5.74, 6) is -2.52. The molecule has 1 rings (SSSR count). The van der Waals surface area contributed by atoms with Gasteiger partial charge in [-0.1, -0.05) is 0 Å². The number of carbonyl (C=O) groups is 1. The summed E-state index contributed by atoms with van der Waals surface area (Å²) in [5.41, 5.74) is -3.54. The second-order valence-corrected chi connectivity index (χ2v) is 3.89. The Morgan fingerprint density at radius 2 is 1.80 bits per heavy atom. The number of hydrogen-bond donors (Lipinski definition) is 0. The van der Waals surface area contributed by atoms with E-state index in [-0.39, 0.29) is 6.20 Å². The lowest BCUT2D eigenvalue weighted by molar-refractivity contribution is -0.276. The van der Waals surface area contributed by atoms with Crippen LogP contribution in [-0.2, 0) is 12.1 Å². The Hall–Kier alpha value is -1.22. The maximum atomic E-state index is 12.6. The average molecular weight is 342 g/mol. The SMILES string of the molecule is O=C(Cl)c1ncc(C(F)(F)F)c(OC(F)(F)F)c1CCl. The Labute approximate surface area is 117 Å². The summed E-state index contributed by atoms with van der Waals surface area (Å²) < 4.78 is 77.8. The highest BCUT2D eigenvalue weighted by atomic mass is 35.5. The zero-order valence-electron chi connectivity index (χ0n) is 9.07. The highest BCUT2D eigenvalue weighted by Crippen LogP contribution is 2.41. The molecule has 0 aromatic carbocycles. The minimum atomic E-state index is -5.41. The van der Waals surface area contributed by atoms with Crippen molar-refractivity contribution in [3.63, 3.8) is 0 Å². The third-order valence-corrected chi connectivity index (χ3v) is 2.42. The van der Waals surface area contributed by atoms with Crippen LogP contribution in [0.25, 0.3) is 0 Å². The monoisotopic (exact) mass is 341 g/mol. The number of aromatic nitrogens is 1. The molecule has 0 atom stereocenters. The zero-order valence-corrected chi connectivity index (χ0v) is 10.6. The first-order valence-electron chi connectivity index (χ1n) is 4.58. The summed E-state index contributed by atoms with van der Waals surface area (Å²) in [6.45, 7) is 0. The van der Waals surface area contributed by atoms with E-state index in [2.05, 4.69) is 9.72 Å². The summed E-state index contributed by atoms with van der Waals surface area (Å²) in [6, 6.07) is 0. The first kappa shape index (κ1) is 16.8. The van der Waals surface area contributed by atoms with Crippen molar-refractivity contribution >= 4 is 28.4 Å². The summed E-state index contributed by atoms with van der Waals surface area (Å²) in [4.78, 5) is 14.0. The van der Waals surface area contributed by atoms with Gasteiger partial charge in [0, 0.05) is 11.8 Å². The predicted octanol–water partition coefficient (Wildman–Crippen LogP) is 4.12. The number of nitrogens with zero attached hydrogens (tertiary/aromatic N) is 1. The van der Waals surface area contributed by atoms with Crippen LogP contribution in [0.3, 0.4) is 0 Å². The minimum absolute atomic E-state index is 0.0206. The molecule has 0 radical (unpaired) electrons. The molecule has 0 aliphatic carbocycles. The highest BCUT2D eigenvalue weighted by molar-refractivity contribution is 6.67. The maximum Gasteiger partial charge on any atom is 0.573 e. The van der Waals surface area contributed by atoms with Gasteiger partial charge in [0.15, 0.2) is 0 Å². The van der Waals surface area contributed by atoms with E-state index >= 15 is 0 Å². The summed E-state index contributed by atoms with van der Waals surface area (Å²) in [7, 11) is 0. The number of rotatable bonds is 3. The number of halogens is 8. The lowest BCUT2D eigenvalue weighted by Crippen LogP contribution is -2.22. The van der Waals surface area contributed by atoms with Crippen LogP contribution in [0, 0.1) is 0 Å². The highest BCUT2D eigenvalue weighted by Gasteiger charge is 2.42. The molecule has 20 heavy (non-hydrogen) atoms. The van der Waals surface area contributed by atoms with Crippen molar-refractivity contribution < 1.29 is 35.9 Å². The smallest absolute Gasteiger partial charge is 0.405 e. The van der Waals surface area contributed by atoms with Crippen molar-refractivity contribution in [2.24, 2.45) is 0 Å². The Morgan fingerprint density at radius 3 is 2.15 bits per heavy atom. The van der Waals surface area contributed by atoms with Crippen molar-refractivity contribution in [2.45, 2.75) is 18.4 Å². The molecule has 1 aromatic heterocycles. The number of ether oxygens (including phenoxy) is 1. The van der Waals surface area contributed by atoms with Gasteiger partial charge in [0.2, 0.25) is 0 Å². The van der Waals surface area contributed by atoms with Gasteiger partial charge in [-0.15, -0.1) is 24.8 Å². The fourth-order valence-electron chi connectivity index (χ4n) is 1.26. The van der Waals surface area contributed by atoms with Crippen LogP contribution >= 0.6 is 23.2 Å². The van der Waals surface area contributed by atoms with Gasteiger partial charge in [-0.25, -0.2) is 0 Å². The van der Waals surface area contributed by atoms with E-state index in [1.54, 1.807) is 0 Å². The van der Waals surface area contributed by atoms with Crippen LogP contribution in [0.2, 0.25) is 0 Å². The first-order valence-corrected chi connectivity index (χ1v) is 5.49. The van der Waals surface area contributed by atoms with Crippen LogP contribution in [0.15, 0.2) is 6.20 Å². The van der Waals surface area contributed by atoms with Gasteiger partial charge in [-0.2, -0.15) is 13.2 Å². The van der Waals surface area contributed by atoms with E-state index in [9.17, 15) is 31.1 Å². The lowest BCUT2D eigenvalue weighted by atomic mass is 10.1. The molecule has 0 unspecified atom stereocenters. The molecule has 0 amide bonds. The molecular formula is C9H3Cl2F6NO2. The van der Waals surface area contributed by atoms with Crippen molar-refractivity contribution in [2.75, 3.05) is 0 Å². The molecule has 11 heteroatoms. The Morgan fingerprint density at radius 1 is 1.25 bits per heavy atom. The van der Waals surface area contributed by atoms with Gasteiger partial charge in [-0.05, 0) is 11.6 Å². The maximum absolute atomic E-state index is 12.6. The van der Waals surface area contributed by atoms with Crippen LogP contribution in [0.5, 0.6) is 5.75 Å². The van der Waals surface area contributed by atoms with Crippen molar-refractivity contribution in [3.05, 3.63) is 23.0 Å². The van der Waals surface area contributed by atoms with E-state index in [0.29, 0.717) is 0 Å².